The van der Waals surface area contributed by atoms with E-state index in [4.69, 9.17) is 28.9 Å². The molecule has 2 unspecified atom stereocenters. The van der Waals surface area contributed by atoms with Gasteiger partial charge in [-0.25, -0.2) is 29.9 Å². The van der Waals surface area contributed by atoms with Gasteiger partial charge in [-0.05, 0) is 37.1 Å². The van der Waals surface area contributed by atoms with Crippen LogP contribution in [0.2, 0.25) is 0 Å². The number of esters is 2. The fourth-order valence-electron chi connectivity index (χ4n) is 7.95. The zero-order valence-electron chi connectivity index (χ0n) is 36.8. The number of carbonyl (C=O) groups excluding carboxylic acids is 2. The summed E-state index contributed by atoms with van der Waals surface area (Å²) in [7, 11) is 0. The summed E-state index contributed by atoms with van der Waals surface area (Å²) >= 11 is 0. The molecule has 2 aromatic heterocycles. The summed E-state index contributed by atoms with van der Waals surface area (Å²) < 4.78 is 22.9. The molecular weight excluding hydrogens is 861 g/mol. The molecule has 1 aliphatic carbocycles. The van der Waals surface area contributed by atoms with Gasteiger partial charge < -0.3 is 29.2 Å². The van der Waals surface area contributed by atoms with Gasteiger partial charge in [0.1, 0.15) is 49.4 Å². The molecule has 0 amide bonds. The maximum atomic E-state index is 13.3. The van der Waals surface area contributed by atoms with Crippen molar-refractivity contribution < 1.29 is 38.7 Å². The molecule has 1 saturated carbocycles. The van der Waals surface area contributed by atoms with Crippen LogP contribution in [0.4, 0.5) is 0 Å². The summed E-state index contributed by atoms with van der Waals surface area (Å²) in [5.41, 5.74) is 4.01. The van der Waals surface area contributed by atoms with Crippen molar-refractivity contribution in [3.05, 3.63) is 158 Å². The van der Waals surface area contributed by atoms with Crippen LogP contribution < -0.4 is 9.47 Å². The predicted molar refractivity (Wildman–Crippen MR) is 254 cm³/mol. The lowest BCUT2D eigenvalue weighted by Crippen LogP contribution is -2.36. The number of aromatic hydroxyl groups is 2. The van der Waals surface area contributed by atoms with E-state index in [-0.39, 0.29) is 37.9 Å². The summed E-state index contributed by atoms with van der Waals surface area (Å²) in [6.45, 7) is -0.102. The first kappa shape index (κ1) is 44.7. The van der Waals surface area contributed by atoms with Crippen LogP contribution in [-0.4, -0.2) is 78.5 Å². The van der Waals surface area contributed by atoms with Gasteiger partial charge in [0.2, 0.25) is 0 Å². The number of hydrogen-bond donors (Lipinski definition) is 2. The van der Waals surface area contributed by atoms with Crippen LogP contribution in [0.25, 0.3) is 68.3 Å². The molecule has 2 heterocycles. The zero-order valence-corrected chi connectivity index (χ0v) is 36.8. The molecule has 0 bridgehead atoms. The van der Waals surface area contributed by atoms with E-state index in [9.17, 15) is 19.8 Å². The highest BCUT2D eigenvalue weighted by molar-refractivity contribution is 5.82. The lowest BCUT2D eigenvalue weighted by atomic mass is 9.79. The van der Waals surface area contributed by atoms with Gasteiger partial charge in [-0.2, -0.15) is 0 Å². The summed E-state index contributed by atoms with van der Waals surface area (Å²) in [5, 5.41) is 22.2. The first-order valence-corrected chi connectivity index (χ1v) is 22.4. The van der Waals surface area contributed by atoms with Crippen LogP contribution in [0.3, 0.4) is 0 Å². The minimum Gasteiger partial charge on any atom is -0.507 e. The molecule has 340 valence electrons. The maximum Gasteiger partial charge on any atom is 0.309 e. The molecule has 2 N–H and O–H groups in total. The second-order valence-corrected chi connectivity index (χ2v) is 16.0. The van der Waals surface area contributed by atoms with Gasteiger partial charge in [0.15, 0.2) is 34.9 Å². The maximum absolute atomic E-state index is 13.3. The highest BCUT2D eigenvalue weighted by Gasteiger charge is 2.38. The first-order chi connectivity index (χ1) is 33.4. The Kier molecular flexibility index (Phi) is 13.9. The third-order valence-corrected chi connectivity index (χ3v) is 11.4. The number of hydrogen-bond acceptors (Lipinski definition) is 14. The van der Waals surface area contributed by atoms with E-state index < -0.39 is 23.8 Å². The Bertz CT molecular complexity index is 2680. The van der Waals surface area contributed by atoms with Crippen LogP contribution in [0.15, 0.2) is 158 Å². The van der Waals surface area contributed by atoms with Crippen LogP contribution in [-0.2, 0) is 19.1 Å². The van der Waals surface area contributed by atoms with Crippen molar-refractivity contribution in [2.24, 2.45) is 11.8 Å². The van der Waals surface area contributed by atoms with Gasteiger partial charge in [-0.15, -0.1) is 0 Å². The van der Waals surface area contributed by atoms with Crippen molar-refractivity contribution in [3.8, 4) is 91.3 Å². The minimum absolute atomic E-state index is 0.0152. The van der Waals surface area contributed by atoms with Gasteiger partial charge in [0, 0.05) is 34.4 Å². The second-order valence-electron chi connectivity index (χ2n) is 16.0. The van der Waals surface area contributed by atoms with Gasteiger partial charge in [-0.3, -0.25) is 9.59 Å². The molecule has 2 atom stereocenters. The average Bonchev–Trinajstić information content (AvgIpc) is 3.39. The normalized spacial score (nSPS) is 14.4. The largest absolute Gasteiger partial charge is 0.507 e. The van der Waals surface area contributed by atoms with Gasteiger partial charge in [0.05, 0.1) is 23.0 Å². The molecule has 6 aromatic carbocycles. The molecule has 68 heavy (non-hydrogen) atoms. The molecule has 0 aliphatic heterocycles. The van der Waals surface area contributed by atoms with Crippen LogP contribution in [0, 0.1) is 11.8 Å². The Hall–Kier alpha value is -8.52. The topological polar surface area (TPSA) is 189 Å². The molecule has 14 nitrogen and oxygen atoms in total. The Balaban J connectivity index is 0.765. The van der Waals surface area contributed by atoms with Crippen LogP contribution in [0.1, 0.15) is 25.7 Å². The van der Waals surface area contributed by atoms with E-state index in [1.807, 2.05) is 121 Å². The minimum atomic E-state index is -0.660. The summed E-state index contributed by atoms with van der Waals surface area (Å²) in [6, 6.07) is 47.8. The lowest BCUT2D eigenvalue weighted by Gasteiger charge is -2.28. The van der Waals surface area contributed by atoms with Gasteiger partial charge >= 0.3 is 11.9 Å². The number of aromatic nitrogens is 6. The number of ether oxygens (including phenoxy) is 4. The number of phenolic OH excluding ortho intramolecular Hbond substituents is 2. The second kappa shape index (κ2) is 21.2. The quantitative estimate of drug-likeness (QED) is 0.0688. The molecule has 9 rings (SSSR count). The van der Waals surface area contributed by atoms with E-state index in [2.05, 4.69) is 19.9 Å². The number of carbonyl (C=O) groups is 2. The molecule has 0 saturated heterocycles. The number of benzene rings is 6. The highest BCUT2D eigenvalue weighted by Crippen LogP contribution is 2.36. The summed E-state index contributed by atoms with van der Waals surface area (Å²) in [4.78, 5) is 54.7. The Morgan fingerprint density at radius 1 is 0.412 bits per heavy atom. The average molecular weight is 907 g/mol. The fourth-order valence-corrected chi connectivity index (χ4v) is 7.95. The predicted octanol–water partition coefficient (Wildman–Crippen LogP) is 9.82. The molecule has 8 aromatic rings. The van der Waals surface area contributed by atoms with Crippen molar-refractivity contribution in [3.63, 3.8) is 0 Å². The molecule has 14 heteroatoms. The smallest absolute Gasteiger partial charge is 0.309 e. The van der Waals surface area contributed by atoms with Crippen LogP contribution in [0.5, 0.6) is 23.0 Å². The third-order valence-electron chi connectivity index (χ3n) is 11.4. The van der Waals surface area contributed by atoms with E-state index in [1.54, 1.807) is 24.3 Å². The van der Waals surface area contributed by atoms with Gasteiger partial charge in [-0.1, -0.05) is 134 Å². The fraction of sp³-hybridized carbons (Fsp3) is 0.185. The van der Waals surface area contributed by atoms with Crippen molar-refractivity contribution >= 4 is 11.9 Å². The molecule has 1 fully saturated rings. The van der Waals surface area contributed by atoms with Crippen molar-refractivity contribution in [1.82, 2.24) is 29.9 Å². The Morgan fingerprint density at radius 3 is 1.03 bits per heavy atom. The molecular formula is C54H46N6O8. The third kappa shape index (κ3) is 10.8. The Labute approximate surface area is 392 Å². The monoisotopic (exact) mass is 906 g/mol. The van der Waals surface area contributed by atoms with Crippen molar-refractivity contribution in [2.45, 2.75) is 25.7 Å². The van der Waals surface area contributed by atoms with Crippen molar-refractivity contribution in [1.29, 1.82) is 0 Å². The van der Waals surface area contributed by atoms with E-state index in [0.29, 0.717) is 70.4 Å². The zero-order chi connectivity index (χ0) is 46.7. The number of phenols is 2. The lowest BCUT2D eigenvalue weighted by molar-refractivity contribution is -0.163. The molecule has 1 aliphatic rings. The number of rotatable bonds is 16. The van der Waals surface area contributed by atoms with Crippen molar-refractivity contribution in [2.75, 3.05) is 26.4 Å². The molecule has 0 radical (unpaired) electrons. The molecule has 0 spiro atoms. The van der Waals surface area contributed by atoms with E-state index in [1.165, 1.54) is 12.1 Å². The Morgan fingerprint density at radius 2 is 0.721 bits per heavy atom. The summed E-state index contributed by atoms with van der Waals surface area (Å²) in [6.07, 6.45) is 2.54. The van der Waals surface area contributed by atoms with E-state index >= 15 is 0 Å². The van der Waals surface area contributed by atoms with Gasteiger partial charge in [0.25, 0.3) is 0 Å². The SMILES string of the molecule is O=C(OCCOc1ccc(-c2nc(-c3ccccc3)nc(-c3ccccc3)n2)c(O)c1)C1CCCCC1C(=O)OCCOc1ccc(-c2nc(-c3ccccc3)nc(-c3ccccc3)n2)c(O)c1. The highest BCUT2D eigenvalue weighted by atomic mass is 16.6. The standard InChI is InChI=1S/C54H46N6O8/c61-45-33-39(25-27-43(45)51-57-47(35-15-5-1-6-16-35)55-48(58-51)36-17-7-2-8-18-36)65-29-31-67-53(63)41-23-13-14-24-42(41)54(64)68-32-30-66-40-26-28-44(46(62)34-40)52-59-49(37-19-9-3-10-20-37)56-50(60-52)38-21-11-4-12-22-38/h1-12,15-22,25-28,33-34,41-42,61-62H,13-14,23-24,29-32H2. The first-order valence-electron chi connectivity index (χ1n) is 22.4. The summed E-state index contributed by atoms with van der Waals surface area (Å²) in [5.74, 6) is 0.655. The van der Waals surface area contributed by atoms with E-state index in [0.717, 1.165) is 35.1 Å². The number of nitrogens with zero attached hydrogens (tertiary/aromatic N) is 6. The van der Waals surface area contributed by atoms with Crippen LogP contribution >= 0.6 is 0 Å².